The number of anilines is 1. The Kier molecular flexibility index (Phi) is 5.50. The topological polar surface area (TPSA) is 71.3 Å². The molecule has 1 saturated heterocycles. The van der Waals surface area contributed by atoms with Crippen molar-refractivity contribution in [2.24, 2.45) is 5.92 Å². The van der Waals surface area contributed by atoms with E-state index in [9.17, 15) is 10.1 Å². The van der Waals surface area contributed by atoms with Gasteiger partial charge in [-0.05, 0) is 44.8 Å². The highest BCUT2D eigenvalue weighted by Gasteiger charge is 2.17. The van der Waals surface area contributed by atoms with Gasteiger partial charge in [0.2, 0.25) is 5.82 Å². The van der Waals surface area contributed by atoms with Crippen molar-refractivity contribution in [3.8, 4) is 0 Å². The van der Waals surface area contributed by atoms with Crippen LogP contribution < -0.4 is 5.32 Å². The molecular weight excluding hydrogens is 268 g/mol. The number of likely N-dealkylation sites (tertiary alicyclic amines) is 1. The summed E-state index contributed by atoms with van der Waals surface area (Å²) in [5.41, 5.74) is 0.831. The molecule has 0 saturated carbocycles. The van der Waals surface area contributed by atoms with Crippen LogP contribution in [0.1, 0.15) is 31.9 Å². The third-order valence-electron chi connectivity index (χ3n) is 3.85. The highest BCUT2D eigenvalue weighted by atomic mass is 16.6. The number of nitro groups is 1. The van der Waals surface area contributed by atoms with E-state index >= 15 is 0 Å². The Balaban J connectivity index is 1.89. The van der Waals surface area contributed by atoms with E-state index < -0.39 is 0 Å². The number of hydrogen-bond donors (Lipinski definition) is 1. The molecule has 1 atom stereocenters. The lowest BCUT2D eigenvalue weighted by molar-refractivity contribution is -0.384. The average Bonchev–Trinajstić information content (AvgIpc) is 2.46. The molecule has 1 N–H and O–H groups in total. The summed E-state index contributed by atoms with van der Waals surface area (Å²) < 4.78 is 0. The summed E-state index contributed by atoms with van der Waals surface area (Å²) in [6.45, 7) is 8.09. The molecular formula is C15H24N4O2. The summed E-state index contributed by atoms with van der Waals surface area (Å²) in [7, 11) is 0. The lowest BCUT2D eigenvalue weighted by atomic mass is 10.1. The molecule has 0 aromatic carbocycles. The normalized spacial score (nSPS) is 17.4. The van der Waals surface area contributed by atoms with Gasteiger partial charge in [0.05, 0.1) is 4.92 Å². The van der Waals surface area contributed by atoms with Gasteiger partial charge in [-0.1, -0.05) is 13.3 Å². The van der Waals surface area contributed by atoms with Gasteiger partial charge in [-0.2, -0.15) is 0 Å². The molecule has 1 aliphatic heterocycles. The summed E-state index contributed by atoms with van der Waals surface area (Å²) in [4.78, 5) is 17.4. The van der Waals surface area contributed by atoms with Crippen LogP contribution in [0.3, 0.4) is 0 Å². The SMILES string of the molecule is Cc1ccc([N+](=O)[O-])c(NCC(C)CN2CCCCC2)n1. The van der Waals surface area contributed by atoms with E-state index in [0.717, 1.165) is 12.2 Å². The summed E-state index contributed by atoms with van der Waals surface area (Å²) in [5, 5.41) is 14.2. The minimum atomic E-state index is -0.385. The van der Waals surface area contributed by atoms with E-state index in [4.69, 9.17) is 0 Å². The Morgan fingerprint density at radius 2 is 2.10 bits per heavy atom. The number of aromatic nitrogens is 1. The Morgan fingerprint density at radius 1 is 1.38 bits per heavy atom. The molecule has 1 fully saturated rings. The van der Waals surface area contributed by atoms with E-state index in [-0.39, 0.29) is 10.6 Å². The number of nitrogens with zero attached hydrogens (tertiary/aromatic N) is 3. The fourth-order valence-corrected chi connectivity index (χ4v) is 2.74. The van der Waals surface area contributed by atoms with Crippen LogP contribution in [0.2, 0.25) is 0 Å². The average molecular weight is 292 g/mol. The molecule has 6 heteroatoms. The summed E-state index contributed by atoms with van der Waals surface area (Å²) in [5.74, 6) is 0.815. The highest BCUT2D eigenvalue weighted by Crippen LogP contribution is 2.22. The quantitative estimate of drug-likeness (QED) is 0.645. The molecule has 6 nitrogen and oxygen atoms in total. The van der Waals surface area contributed by atoms with Crippen molar-refractivity contribution >= 4 is 11.5 Å². The predicted molar refractivity (Wildman–Crippen MR) is 83.6 cm³/mol. The zero-order valence-corrected chi connectivity index (χ0v) is 12.8. The first-order valence-electron chi connectivity index (χ1n) is 7.64. The van der Waals surface area contributed by atoms with E-state index in [0.29, 0.717) is 18.3 Å². The van der Waals surface area contributed by atoms with Gasteiger partial charge in [-0.3, -0.25) is 10.1 Å². The number of aryl methyl sites for hydroxylation is 1. The zero-order chi connectivity index (χ0) is 15.2. The third kappa shape index (κ3) is 4.67. The summed E-state index contributed by atoms with van der Waals surface area (Å²) in [6.07, 6.45) is 3.90. The van der Waals surface area contributed by atoms with Gasteiger partial charge in [-0.15, -0.1) is 0 Å². The first kappa shape index (κ1) is 15.7. The fraction of sp³-hybridized carbons (Fsp3) is 0.667. The Bertz CT molecular complexity index is 487. The Labute approximate surface area is 125 Å². The lowest BCUT2D eigenvalue weighted by Crippen LogP contribution is -2.35. The second kappa shape index (κ2) is 7.36. The van der Waals surface area contributed by atoms with Gasteiger partial charge in [0.25, 0.3) is 0 Å². The lowest BCUT2D eigenvalue weighted by Gasteiger charge is -2.29. The van der Waals surface area contributed by atoms with Gasteiger partial charge in [0, 0.05) is 24.8 Å². The van der Waals surface area contributed by atoms with Crippen molar-refractivity contribution in [3.05, 3.63) is 27.9 Å². The Morgan fingerprint density at radius 3 is 2.76 bits per heavy atom. The van der Waals surface area contributed by atoms with Crippen molar-refractivity contribution in [2.75, 3.05) is 31.5 Å². The standard InChI is InChI=1S/C15H24N4O2/c1-12(11-18-8-4-3-5-9-18)10-16-15-14(19(20)21)7-6-13(2)17-15/h6-7,12H,3-5,8-11H2,1-2H3,(H,16,17). The summed E-state index contributed by atoms with van der Waals surface area (Å²) in [6, 6.07) is 3.18. The van der Waals surface area contributed by atoms with Crippen molar-refractivity contribution in [2.45, 2.75) is 33.1 Å². The number of rotatable bonds is 6. The van der Waals surface area contributed by atoms with Crippen molar-refractivity contribution in [1.29, 1.82) is 0 Å². The molecule has 0 bridgehead atoms. The molecule has 1 unspecified atom stereocenters. The van der Waals surface area contributed by atoms with E-state index in [2.05, 4.69) is 22.1 Å². The highest BCUT2D eigenvalue weighted by molar-refractivity contribution is 5.56. The zero-order valence-electron chi connectivity index (χ0n) is 12.8. The molecule has 2 heterocycles. The first-order valence-corrected chi connectivity index (χ1v) is 7.64. The minimum absolute atomic E-state index is 0.0470. The number of pyridine rings is 1. The molecule has 1 aromatic rings. The van der Waals surface area contributed by atoms with Crippen LogP contribution in [0.15, 0.2) is 12.1 Å². The monoisotopic (exact) mass is 292 g/mol. The van der Waals surface area contributed by atoms with Gasteiger partial charge in [-0.25, -0.2) is 4.98 Å². The van der Waals surface area contributed by atoms with Crippen molar-refractivity contribution < 1.29 is 4.92 Å². The molecule has 0 spiro atoms. The number of piperidine rings is 1. The maximum absolute atomic E-state index is 11.0. The van der Waals surface area contributed by atoms with E-state index in [1.807, 2.05) is 6.92 Å². The smallest absolute Gasteiger partial charge is 0.311 e. The Hall–Kier alpha value is -1.69. The largest absolute Gasteiger partial charge is 0.364 e. The predicted octanol–water partition coefficient (Wildman–Crippen LogP) is 2.83. The van der Waals surface area contributed by atoms with Crippen LogP contribution in [0.4, 0.5) is 11.5 Å². The third-order valence-corrected chi connectivity index (χ3v) is 3.85. The number of hydrogen-bond acceptors (Lipinski definition) is 5. The molecule has 0 amide bonds. The molecule has 1 aliphatic rings. The fourth-order valence-electron chi connectivity index (χ4n) is 2.74. The minimum Gasteiger partial charge on any atom is -0.364 e. The van der Waals surface area contributed by atoms with Crippen LogP contribution in [-0.4, -0.2) is 41.0 Å². The first-order chi connectivity index (χ1) is 10.1. The maximum atomic E-state index is 11.0. The second-order valence-corrected chi connectivity index (χ2v) is 5.92. The van der Waals surface area contributed by atoms with E-state index in [1.54, 1.807) is 6.07 Å². The van der Waals surface area contributed by atoms with E-state index in [1.165, 1.54) is 38.4 Å². The van der Waals surface area contributed by atoms with Gasteiger partial charge >= 0.3 is 5.69 Å². The van der Waals surface area contributed by atoms with Crippen molar-refractivity contribution in [3.63, 3.8) is 0 Å². The second-order valence-electron chi connectivity index (χ2n) is 5.92. The molecule has 1 aromatic heterocycles. The van der Waals surface area contributed by atoms with Crippen LogP contribution in [0.25, 0.3) is 0 Å². The molecule has 0 radical (unpaired) electrons. The molecule has 21 heavy (non-hydrogen) atoms. The van der Waals surface area contributed by atoms with Crippen LogP contribution in [0, 0.1) is 23.0 Å². The molecule has 116 valence electrons. The molecule has 2 rings (SSSR count). The maximum Gasteiger partial charge on any atom is 0.311 e. The van der Waals surface area contributed by atoms with Gasteiger partial charge in [0.15, 0.2) is 0 Å². The summed E-state index contributed by atoms with van der Waals surface area (Å²) >= 11 is 0. The van der Waals surface area contributed by atoms with Crippen molar-refractivity contribution in [1.82, 2.24) is 9.88 Å². The molecule has 0 aliphatic carbocycles. The number of nitrogens with one attached hydrogen (secondary N) is 1. The van der Waals surface area contributed by atoms with Crippen LogP contribution >= 0.6 is 0 Å². The van der Waals surface area contributed by atoms with Crippen LogP contribution in [0.5, 0.6) is 0 Å². The van der Waals surface area contributed by atoms with Crippen LogP contribution in [-0.2, 0) is 0 Å². The van der Waals surface area contributed by atoms with Gasteiger partial charge < -0.3 is 10.2 Å². The van der Waals surface area contributed by atoms with Gasteiger partial charge in [0.1, 0.15) is 0 Å².